The van der Waals surface area contributed by atoms with E-state index in [1.807, 2.05) is 18.2 Å². The van der Waals surface area contributed by atoms with Gasteiger partial charge in [-0.1, -0.05) is 18.2 Å². The number of nitrogens with one attached hydrogen (secondary N) is 2. The topological polar surface area (TPSA) is 83.4 Å². The van der Waals surface area contributed by atoms with E-state index in [9.17, 15) is 14.4 Å². The molecule has 2 heterocycles. The molecule has 2 atom stereocenters. The number of carbonyl (C=O) groups excluding carboxylic acids is 1. The number of ether oxygens (including phenoxy) is 2. The number of nitrogens with zero attached hydrogens (tertiary/aromatic N) is 1. The van der Waals surface area contributed by atoms with E-state index in [4.69, 9.17) is 9.47 Å². The van der Waals surface area contributed by atoms with Crippen LogP contribution in [0, 0.1) is 17.1 Å². The second kappa shape index (κ2) is 7.97. The molecule has 1 fully saturated rings. The van der Waals surface area contributed by atoms with Crippen LogP contribution < -0.4 is 15.4 Å². The fraction of sp³-hybridized carbons (Fsp3) is 0.333. The largest absolute Gasteiger partial charge is 0.488 e. The molecule has 0 bridgehead atoms. The zero-order valence-corrected chi connectivity index (χ0v) is 15.2. The van der Waals surface area contributed by atoms with Gasteiger partial charge < -0.3 is 20.1 Å². The molecular formula is C21H20FN3O3. The number of morpholine rings is 1. The van der Waals surface area contributed by atoms with Crippen molar-refractivity contribution in [2.45, 2.75) is 25.2 Å². The normalized spacial score (nSPS) is 18.8. The first-order chi connectivity index (χ1) is 13.6. The smallest absolute Gasteiger partial charge is 0.251 e. The van der Waals surface area contributed by atoms with Crippen LogP contribution in [0.4, 0.5) is 4.39 Å². The van der Waals surface area contributed by atoms with Gasteiger partial charge in [0.25, 0.3) is 5.91 Å². The van der Waals surface area contributed by atoms with E-state index in [1.165, 1.54) is 12.1 Å². The number of amides is 1. The maximum Gasteiger partial charge on any atom is 0.251 e. The van der Waals surface area contributed by atoms with Crippen molar-refractivity contribution in [2.75, 3.05) is 19.7 Å². The quantitative estimate of drug-likeness (QED) is 0.846. The second-order valence-corrected chi connectivity index (χ2v) is 6.88. The van der Waals surface area contributed by atoms with Crippen LogP contribution >= 0.6 is 0 Å². The maximum atomic E-state index is 13.4. The van der Waals surface area contributed by atoms with Crippen LogP contribution in [0.15, 0.2) is 36.4 Å². The van der Waals surface area contributed by atoms with E-state index in [1.54, 1.807) is 6.07 Å². The molecule has 0 radical (unpaired) electrons. The van der Waals surface area contributed by atoms with Crippen LogP contribution in [0.2, 0.25) is 0 Å². The summed E-state index contributed by atoms with van der Waals surface area (Å²) in [6, 6.07) is 11.8. The molecule has 2 N–H and O–H groups in total. The first-order valence-electron chi connectivity index (χ1n) is 9.21. The van der Waals surface area contributed by atoms with Crippen molar-refractivity contribution in [2.24, 2.45) is 0 Å². The predicted octanol–water partition coefficient (Wildman–Crippen LogP) is 1.92. The molecule has 4 rings (SSSR count). The summed E-state index contributed by atoms with van der Waals surface area (Å²) < 4.78 is 24.6. The Morgan fingerprint density at radius 1 is 1.32 bits per heavy atom. The Morgan fingerprint density at radius 3 is 2.96 bits per heavy atom. The Morgan fingerprint density at radius 2 is 2.18 bits per heavy atom. The highest BCUT2D eigenvalue weighted by Crippen LogP contribution is 2.38. The van der Waals surface area contributed by atoms with Gasteiger partial charge >= 0.3 is 0 Å². The molecular weight excluding hydrogens is 361 g/mol. The highest BCUT2D eigenvalue weighted by Gasteiger charge is 2.25. The van der Waals surface area contributed by atoms with Crippen molar-refractivity contribution in [3.63, 3.8) is 0 Å². The first-order valence-corrected chi connectivity index (χ1v) is 9.21. The number of hydrogen-bond donors (Lipinski definition) is 2. The zero-order chi connectivity index (χ0) is 19.5. The third kappa shape index (κ3) is 3.84. The summed E-state index contributed by atoms with van der Waals surface area (Å²) >= 11 is 0. The molecule has 2 aromatic carbocycles. The molecule has 0 unspecified atom stereocenters. The molecule has 2 aliphatic rings. The Labute approximate surface area is 162 Å². The minimum atomic E-state index is -0.666. The summed E-state index contributed by atoms with van der Waals surface area (Å²) in [5, 5.41) is 15.3. The fourth-order valence-corrected chi connectivity index (χ4v) is 3.50. The van der Waals surface area contributed by atoms with Crippen molar-refractivity contribution in [1.29, 1.82) is 5.26 Å². The monoisotopic (exact) mass is 381 g/mol. The molecule has 2 aliphatic heterocycles. The average molecular weight is 381 g/mol. The minimum Gasteiger partial charge on any atom is -0.488 e. The van der Waals surface area contributed by atoms with Crippen molar-refractivity contribution in [3.8, 4) is 22.9 Å². The van der Waals surface area contributed by atoms with Gasteiger partial charge in [-0.2, -0.15) is 5.26 Å². The van der Waals surface area contributed by atoms with Crippen molar-refractivity contribution in [1.82, 2.24) is 10.6 Å². The van der Waals surface area contributed by atoms with E-state index in [0.717, 1.165) is 28.8 Å². The van der Waals surface area contributed by atoms with E-state index >= 15 is 0 Å². The maximum absolute atomic E-state index is 13.4. The summed E-state index contributed by atoms with van der Waals surface area (Å²) in [6.45, 7) is 1.93. The third-order valence-electron chi connectivity index (χ3n) is 4.92. The van der Waals surface area contributed by atoms with Gasteiger partial charge in [-0.05, 0) is 29.3 Å². The van der Waals surface area contributed by atoms with Crippen molar-refractivity contribution < 1.29 is 18.7 Å². The summed E-state index contributed by atoms with van der Waals surface area (Å²) in [5.74, 6) is 0.121. The summed E-state index contributed by atoms with van der Waals surface area (Å²) in [7, 11) is 0. The molecule has 7 heteroatoms. The lowest BCUT2D eigenvalue weighted by atomic mass is 9.94. The van der Waals surface area contributed by atoms with Crippen LogP contribution in [-0.4, -0.2) is 37.7 Å². The lowest BCUT2D eigenvalue weighted by Crippen LogP contribution is -2.50. The van der Waals surface area contributed by atoms with Crippen LogP contribution in [0.25, 0.3) is 11.1 Å². The number of fused-ring (bicyclic) bond motifs is 3. The third-order valence-corrected chi connectivity index (χ3v) is 4.92. The van der Waals surface area contributed by atoms with E-state index in [2.05, 4.69) is 16.7 Å². The molecule has 0 spiro atoms. The number of halogens is 1. The van der Waals surface area contributed by atoms with Gasteiger partial charge in [-0.25, -0.2) is 4.39 Å². The molecule has 0 saturated carbocycles. The molecule has 1 amide bonds. The van der Waals surface area contributed by atoms with E-state index in [0.29, 0.717) is 31.9 Å². The van der Waals surface area contributed by atoms with Crippen LogP contribution in [0.3, 0.4) is 0 Å². The van der Waals surface area contributed by atoms with Gasteiger partial charge in [-0.15, -0.1) is 0 Å². The Balaban J connectivity index is 1.47. The van der Waals surface area contributed by atoms with Crippen molar-refractivity contribution >= 4 is 5.91 Å². The van der Waals surface area contributed by atoms with E-state index < -0.39 is 12.1 Å². The van der Waals surface area contributed by atoms with Gasteiger partial charge in [0.2, 0.25) is 0 Å². The lowest BCUT2D eigenvalue weighted by molar-refractivity contribution is -0.134. The molecule has 6 nitrogen and oxygen atoms in total. The lowest BCUT2D eigenvalue weighted by Gasteiger charge is -2.24. The van der Waals surface area contributed by atoms with Crippen LogP contribution in [-0.2, 0) is 22.6 Å². The second-order valence-electron chi connectivity index (χ2n) is 6.88. The molecule has 0 aliphatic carbocycles. The summed E-state index contributed by atoms with van der Waals surface area (Å²) in [4.78, 5) is 12.3. The number of hydrogen-bond acceptors (Lipinski definition) is 5. The van der Waals surface area contributed by atoms with Crippen LogP contribution in [0.5, 0.6) is 5.75 Å². The summed E-state index contributed by atoms with van der Waals surface area (Å²) in [6.07, 6.45) is -0.219. The molecule has 1 saturated heterocycles. The molecule has 144 valence electrons. The van der Waals surface area contributed by atoms with Gasteiger partial charge in [0.05, 0.1) is 12.7 Å². The Bertz CT molecular complexity index is 935. The van der Waals surface area contributed by atoms with Crippen LogP contribution in [0.1, 0.15) is 11.1 Å². The number of rotatable bonds is 4. The molecule has 2 aromatic rings. The first kappa shape index (κ1) is 18.4. The number of benzene rings is 2. The van der Waals surface area contributed by atoms with Gasteiger partial charge in [0.1, 0.15) is 30.3 Å². The standard InChI is InChI=1S/C21H20FN3O3/c22-15-2-4-17-14(9-15)12-28-19-8-13(1-3-18(17)19)7-16(10-23)25-21(26)20-11-24-5-6-27-20/h1-4,8-9,16,20,24H,5-7,11-12H2,(H,25,26)/t16-,20+/m1/s1. The highest BCUT2D eigenvalue weighted by atomic mass is 19.1. The average Bonchev–Trinajstić information content (AvgIpc) is 2.73. The predicted molar refractivity (Wildman–Crippen MR) is 100 cm³/mol. The van der Waals surface area contributed by atoms with Gasteiger partial charge in [0, 0.05) is 30.6 Å². The fourth-order valence-electron chi connectivity index (χ4n) is 3.50. The minimum absolute atomic E-state index is 0.285. The van der Waals surface area contributed by atoms with Gasteiger partial charge in [-0.3, -0.25) is 4.79 Å². The van der Waals surface area contributed by atoms with Gasteiger partial charge in [0.15, 0.2) is 0 Å². The van der Waals surface area contributed by atoms with E-state index in [-0.39, 0.29) is 11.7 Å². The molecule has 28 heavy (non-hydrogen) atoms. The highest BCUT2D eigenvalue weighted by molar-refractivity contribution is 5.82. The number of nitriles is 1. The zero-order valence-electron chi connectivity index (χ0n) is 15.2. The summed E-state index contributed by atoms with van der Waals surface area (Å²) in [5.41, 5.74) is 3.52. The number of carbonyl (C=O) groups is 1. The Kier molecular flexibility index (Phi) is 5.24. The Hall–Kier alpha value is -2.95. The van der Waals surface area contributed by atoms with Crippen molar-refractivity contribution in [3.05, 3.63) is 53.3 Å². The molecule has 0 aromatic heterocycles. The SMILES string of the molecule is N#C[C@@H](Cc1ccc2c(c1)OCc1cc(F)ccc1-2)NC(=O)[C@@H]1CNCCO1.